The van der Waals surface area contributed by atoms with E-state index in [-0.39, 0.29) is 5.97 Å². The van der Waals surface area contributed by atoms with Crippen LogP contribution in [-0.2, 0) is 9.53 Å². The van der Waals surface area contributed by atoms with Gasteiger partial charge in [0.05, 0.1) is 7.11 Å². The molecule has 0 aromatic carbocycles. The molecule has 18 heavy (non-hydrogen) atoms. The van der Waals surface area contributed by atoms with Crippen LogP contribution in [0.4, 0.5) is 0 Å². The van der Waals surface area contributed by atoms with Crippen LogP contribution in [0.2, 0.25) is 0 Å². The zero-order valence-electron chi connectivity index (χ0n) is 12.1. The van der Waals surface area contributed by atoms with Crippen LogP contribution in [0.1, 0.15) is 39.5 Å². The third kappa shape index (κ3) is 5.36. The van der Waals surface area contributed by atoms with Gasteiger partial charge in [0.2, 0.25) is 0 Å². The molecule has 1 saturated heterocycles. The van der Waals surface area contributed by atoms with Crippen LogP contribution in [0.3, 0.4) is 0 Å². The number of ether oxygens (including phenoxy) is 1. The number of piperidine rings is 1. The highest BCUT2D eigenvalue weighted by Crippen LogP contribution is 2.19. The first-order chi connectivity index (χ1) is 8.67. The van der Waals surface area contributed by atoms with Gasteiger partial charge in [0.15, 0.2) is 0 Å². The number of carbonyl (C=O) groups excluding carboxylic acids is 1. The second kappa shape index (κ2) is 8.48. The van der Waals surface area contributed by atoms with Crippen molar-refractivity contribution in [3.05, 3.63) is 0 Å². The highest BCUT2D eigenvalue weighted by atomic mass is 16.5. The molecule has 1 aliphatic rings. The summed E-state index contributed by atoms with van der Waals surface area (Å²) in [5.74, 6) is 0.635. The van der Waals surface area contributed by atoms with E-state index in [4.69, 9.17) is 0 Å². The Hall–Kier alpha value is -0.610. The lowest BCUT2D eigenvalue weighted by Gasteiger charge is -2.35. The summed E-state index contributed by atoms with van der Waals surface area (Å²) in [6, 6.07) is 0.539. The number of likely N-dealkylation sites (tertiary alicyclic amines) is 1. The van der Waals surface area contributed by atoms with E-state index in [9.17, 15) is 4.79 Å². The van der Waals surface area contributed by atoms with Gasteiger partial charge >= 0.3 is 5.97 Å². The highest BCUT2D eigenvalue weighted by Gasteiger charge is 2.23. The summed E-state index contributed by atoms with van der Waals surface area (Å²) in [6.45, 7) is 9.02. The molecular formula is C14H28N2O2. The van der Waals surface area contributed by atoms with Crippen molar-refractivity contribution in [1.82, 2.24) is 10.2 Å². The number of nitrogens with zero attached hydrogens (tertiary/aromatic N) is 1. The molecule has 1 N–H and O–H groups in total. The molecule has 0 bridgehead atoms. The van der Waals surface area contributed by atoms with Crippen molar-refractivity contribution in [2.24, 2.45) is 5.92 Å². The van der Waals surface area contributed by atoms with Crippen molar-refractivity contribution in [3.8, 4) is 0 Å². The molecule has 0 aromatic heterocycles. The van der Waals surface area contributed by atoms with E-state index in [1.54, 1.807) is 0 Å². The van der Waals surface area contributed by atoms with Gasteiger partial charge in [0.1, 0.15) is 0 Å². The van der Waals surface area contributed by atoms with E-state index in [0.717, 1.165) is 25.4 Å². The summed E-state index contributed by atoms with van der Waals surface area (Å²) in [6.07, 6.45) is 4.01. The first kappa shape index (κ1) is 15.4. The van der Waals surface area contributed by atoms with Gasteiger partial charge in [-0.25, -0.2) is 0 Å². The van der Waals surface area contributed by atoms with Crippen molar-refractivity contribution >= 4 is 5.97 Å². The topological polar surface area (TPSA) is 41.6 Å². The zero-order valence-corrected chi connectivity index (χ0v) is 12.1. The Morgan fingerprint density at radius 3 is 3.00 bits per heavy atom. The highest BCUT2D eigenvalue weighted by molar-refractivity contribution is 5.69. The molecule has 1 fully saturated rings. The Bertz CT molecular complexity index is 246. The van der Waals surface area contributed by atoms with Crippen molar-refractivity contribution in [3.63, 3.8) is 0 Å². The predicted octanol–water partition coefficient (Wildman–Crippen LogP) is 1.65. The first-order valence-electron chi connectivity index (χ1n) is 7.20. The Kier molecular flexibility index (Phi) is 7.28. The summed E-state index contributed by atoms with van der Waals surface area (Å²) in [5.41, 5.74) is 0. The quantitative estimate of drug-likeness (QED) is 0.555. The second-order valence-electron chi connectivity index (χ2n) is 5.22. The summed E-state index contributed by atoms with van der Waals surface area (Å²) in [7, 11) is 1.44. The molecule has 1 rings (SSSR count). The van der Waals surface area contributed by atoms with Crippen molar-refractivity contribution in [2.45, 2.75) is 45.6 Å². The maximum absolute atomic E-state index is 11.0. The van der Waals surface area contributed by atoms with Crippen molar-refractivity contribution in [2.75, 3.05) is 33.3 Å². The molecule has 2 atom stereocenters. The van der Waals surface area contributed by atoms with Gasteiger partial charge in [0.25, 0.3) is 0 Å². The standard InChI is InChI=1S/C14H28N2O2/c1-4-16-10-6-7-13(11-16)12(2)15-9-5-8-14(17)18-3/h12-13,15H,4-11H2,1-3H3. The Labute approximate surface area is 111 Å². The fourth-order valence-electron chi connectivity index (χ4n) is 2.62. The average Bonchev–Trinajstić information content (AvgIpc) is 2.43. The van der Waals surface area contributed by atoms with Crippen LogP contribution in [0.25, 0.3) is 0 Å². The van der Waals surface area contributed by atoms with Gasteiger partial charge in [-0.05, 0) is 51.7 Å². The maximum Gasteiger partial charge on any atom is 0.305 e. The number of hydrogen-bond acceptors (Lipinski definition) is 4. The molecule has 1 aliphatic heterocycles. The predicted molar refractivity (Wildman–Crippen MR) is 73.6 cm³/mol. The number of carbonyl (C=O) groups is 1. The molecule has 2 unspecified atom stereocenters. The monoisotopic (exact) mass is 256 g/mol. The molecule has 0 amide bonds. The largest absolute Gasteiger partial charge is 0.469 e. The van der Waals surface area contributed by atoms with E-state index in [1.807, 2.05) is 0 Å². The Morgan fingerprint density at radius 2 is 2.33 bits per heavy atom. The molecule has 4 nitrogen and oxygen atoms in total. The Morgan fingerprint density at radius 1 is 1.56 bits per heavy atom. The maximum atomic E-state index is 11.0. The molecule has 0 saturated carbocycles. The third-order valence-corrected chi connectivity index (χ3v) is 3.95. The normalized spacial score (nSPS) is 22.7. The smallest absolute Gasteiger partial charge is 0.305 e. The van der Waals surface area contributed by atoms with E-state index < -0.39 is 0 Å². The minimum Gasteiger partial charge on any atom is -0.469 e. The number of nitrogens with one attached hydrogen (secondary N) is 1. The van der Waals surface area contributed by atoms with Gasteiger partial charge in [-0.15, -0.1) is 0 Å². The molecule has 0 spiro atoms. The second-order valence-corrected chi connectivity index (χ2v) is 5.22. The van der Waals surface area contributed by atoms with Crippen LogP contribution in [-0.4, -0.2) is 50.2 Å². The number of hydrogen-bond donors (Lipinski definition) is 1. The molecule has 0 radical (unpaired) electrons. The van der Waals surface area contributed by atoms with Crippen LogP contribution >= 0.6 is 0 Å². The number of rotatable bonds is 7. The summed E-state index contributed by atoms with van der Waals surface area (Å²) in [4.78, 5) is 13.5. The van der Waals surface area contributed by atoms with Crippen LogP contribution in [0.15, 0.2) is 0 Å². The van der Waals surface area contributed by atoms with Gasteiger partial charge < -0.3 is 15.0 Å². The fourth-order valence-corrected chi connectivity index (χ4v) is 2.62. The van der Waals surface area contributed by atoms with Gasteiger partial charge in [0, 0.05) is 19.0 Å². The molecular weight excluding hydrogens is 228 g/mol. The lowest BCUT2D eigenvalue weighted by Crippen LogP contribution is -2.44. The first-order valence-corrected chi connectivity index (χ1v) is 7.20. The van der Waals surface area contributed by atoms with Gasteiger partial charge in [-0.1, -0.05) is 6.92 Å². The number of esters is 1. The van der Waals surface area contributed by atoms with Crippen molar-refractivity contribution in [1.29, 1.82) is 0 Å². The SMILES string of the molecule is CCN1CCCC(C(C)NCCCC(=O)OC)C1. The summed E-state index contributed by atoms with van der Waals surface area (Å²) < 4.78 is 4.63. The molecule has 0 aliphatic carbocycles. The molecule has 0 aromatic rings. The lowest BCUT2D eigenvalue weighted by atomic mass is 9.91. The zero-order chi connectivity index (χ0) is 13.4. The molecule has 4 heteroatoms. The Balaban J connectivity index is 2.15. The fraction of sp³-hybridized carbons (Fsp3) is 0.929. The molecule has 1 heterocycles. The van der Waals surface area contributed by atoms with E-state index in [1.165, 1.54) is 33.0 Å². The van der Waals surface area contributed by atoms with E-state index >= 15 is 0 Å². The van der Waals surface area contributed by atoms with Crippen LogP contribution < -0.4 is 5.32 Å². The van der Waals surface area contributed by atoms with Crippen LogP contribution in [0, 0.1) is 5.92 Å². The van der Waals surface area contributed by atoms with Gasteiger partial charge in [-0.3, -0.25) is 4.79 Å². The summed E-state index contributed by atoms with van der Waals surface area (Å²) >= 11 is 0. The van der Waals surface area contributed by atoms with Gasteiger partial charge in [-0.2, -0.15) is 0 Å². The third-order valence-electron chi connectivity index (χ3n) is 3.95. The van der Waals surface area contributed by atoms with Crippen LogP contribution in [0.5, 0.6) is 0 Å². The minimum absolute atomic E-state index is 0.112. The molecule has 106 valence electrons. The van der Waals surface area contributed by atoms with Crippen molar-refractivity contribution < 1.29 is 9.53 Å². The average molecular weight is 256 g/mol. The van der Waals surface area contributed by atoms with E-state index in [2.05, 4.69) is 28.8 Å². The number of methoxy groups -OCH3 is 1. The minimum atomic E-state index is -0.112. The summed E-state index contributed by atoms with van der Waals surface area (Å²) in [5, 5.41) is 3.54. The van der Waals surface area contributed by atoms with E-state index in [0.29, 0.717) is 12.5 Å². The lowest BCUT2D eigenvalue weighted by molar-refractivity contribution is -0.140.